The lowest BCUT2D eigenvalue weighted by atomic mass is 9.98. The molecule has 1 atom stereocenters. The van der Waals surface area contributed by atoms with Crippen LogP contribution in [0, 0.1) is 0 Å². The van der Waals surface area contributed by atoms with Crippen LogP contribution in [0.15, 0.2) is 46.9 Å². The third-order valence-electron chi connectivity index (χ3n) is 3.22. The molecule has 0 spiro atoms. The molecule has 2 aromatic rings. The van der Waals surface area contributed by atoms with Gasteiger partial charge in [0.2, 0.25) is 0 Å². The van der Waals surface area contributed by atoms with Gasteiger partial charge in [0.05, 0.1) is 20.3 Å². The van der Waals surface area contributed by atoms with Crippen molar-refractivity contribution in [2.75, 3.05) is 21.3 Å². The van der Waals surface area contributed by atoms with Gasteiger partial charge < -0.3 is 14.8 Å². The molecule has 0 saturated heterocycles. The van der Waals surface area contributed by atoms with E-state index in [-0.39, 0.29) is 6.04 Å². The van der Waals surface area contributed by atoms with Crippen molar-refractivity contribution in [2.45, 2.75) is 6.04 Å². The van der Waals surface area contributed by atoms with Crippen LogP contribution in [0.25, 0.3) is 0 Å². The molecule has 0 radical (unpaired) electrons. The molecule has 0 bridgehead atoms. The number of nitrogens with one attached hydrogen (secondary N) is 1. The van der Waals surface area contributed by atoms with E-state index in [1.54, 1.807) is 14.2 Å². The molecule has 0 amide bonds. The van der Waals surface area contributed by atoms with Gasteiger partial charge in [-0.15, -0.1) is 0 Å². The topological polar surface area (TPSA) is 30.5 Å². The van der Waals surface area contributed by atoms with Gasteiger partial charge in [0, 0.05) is 10.0 Å². The quantitative estimate of drug-likeness (QED) is 0.902. The zero-order valence-corrected chi connectivity index (χ0v) is 13.4. The van der Waals surface area contributed by atoms with Gasteiger partial charge in [-0.25, -0.2) is 0 Å². The first-order valence-corrected chi connectivity index (χ1v) is 7.13. The molecule has 0 aromatic heterocycles. The summed E-state index contributed by atoms with van der Waals surface area (Å²) in [5, 5.41) is 3.33. The van der Waals surface area contributed by atoms with E-state index in [2.05, 4.69) is 33.4 Å². The summed E-state index contributed by atoms with van der Waals surface area (Å²) < 4.78 is 11.8. The molecule has 0 fully saturated rings. The molecule has 0 aliphatic carbocycles. The van der Waals surface area contributed by atoms with Gasteiger partial charge in [-0.1, -0.05) is 34.1 Å². The number of benzene rings is 2. The van der Waals surface area contributed by atoms with Crippen LogP contribution in [0.2, 0.25) is 0 Å². The third-order valence-corrected chi connectivity index (χ3v) is 3.72. The molecule has 20 heavy (non-hydrogen) atoms. The van der Waals surface area contributed by atoms with E-state index >= 15 is 0 Å². The Morgan fingerprint density at radius 2 is 1.85 bits per heavy atom. The fourth-order valence-electron chi connectivity index (χ4n) is 2.25. The lowest BCUT2D eigenvalue weighted by Crippen LogP contribution is -2.18. The number of hydrogen-bond acceptors (Lipinski definition) is 3. The summed E-state index contributed by atoms with van der Waals surface area (Å²) in [7, 11) is 5.29. The van der Waals surface area contributed by atoms with Gasteiger partial charge in [-0.2, -0.15) is 0 Å². The molecule has 2 aromatic carbocycles. The van der Waals surface area contributed by atoms with Gasteiger partial charge in [0.1, 0.15) is 11.5 Å². The van der Waals surface area contributed by atoms with Crippen LogP contribution >= 0.6 is 15.9 Å². The Hall–Kier alpha value is -1.52. The number of hydrogen-bond donors (Lipinski definition) is 1. The molecule has 0 aliphatic heterocycles. The van der Waals surface area contributed by atoms with Crippen LogP contribution in [0.4, 0.5) is 0 Å². The highest BCUT2D eigenvalue weighted by atomic mass is 79.9. The number of rotatable bonds is 5. The summed E-state index contributed by atoms with van der Waals surface area (Å²) in [6.07, 6.45) is 0. The Bertz CT molecular complexity index is 586. The summed E-state index contributed by atoms with van der Waals surface area (Å²) in [6.45, 7) is 0. The fourth-order valence-corrected chi connectivity index (χ4v) is 2.59. The Kier molecular flexibility index (Phi) is 5.04. The normalized spacial score (nSPS) is 12.0. The second-order valence-corrected chi connectivity index (χ2v) is 5.30. The monoisotopic (exact) mass is 335 g/mol. The average Bonchev–Trinajstić information content (AvgIpc) is 2.49. The zero-order valence-electron chi connectivity index (χ0n) is 11.8. The van der Waals surface area contributed by atoms with Crippen molar-refractivity contribution in [3.63, 3.8) is 0 Å². The first kappa shape index (κ1) is 14.9. The summed E-state index contributed by atoms with van der Waals surface area (Å²) in [5.41, 5.74) is 2.22. The zero-order chi connectivity index (χ0) is 14.5. The molecule has 4 heteroatoms. The van der Waals surface area contributed by atoms with Gasteiger partial charge in [0.25, 0.3) is 0 Å². The largest absolute Gasteiger partial charge is 0.497 e. The molecule has 1 N–H and O–H groups in total. The Balaban J connectivity index is 2.46. The van der Waals surface area contributed by atoms with Crippen molar-refractivity contribution in [3.05, 3.63) is 58.1 Å². The molecule has 0 aliphatic rings. The van der Waals surface area contributed by atoms with Crippen LogP contribution in [0.1, 0.15) is 17.2 Å². The highest BCUT2D eigenvalue weighted by molar-refractivity contribution is 9.10. The molecular weight excluding hydrogens is 318 g/mol. The van der Waals surface area contributed by atoms with Crippen LogP contribution in [0.5, 0.6) is 11.5 Å². The summed E-state index contributed by atoms with van der Waals surface area (Å²) in [6, 6.07) is 14.1. The Morgan fingerprint density at radius 3 is 2.50 bits per heavy atom. The molecule has 0 heterocycles. The maximum absolute atomic E-state index is 5.49. The Morgan fingerprint density at radius 1 is 1.05 bits per heavy atom. The summed E-state index contributed by atoms with van der Waals surface area (Å²) >= 11 is 3.47. The minimum absolute atomic E-state index is 0.0492. The molecular formula is C16H18BrNO2. The average molecular weight is 336 g/mol. The van der Waals surface area contributed by atoms with Crippen LogP contribution in [-0.2, 0) is 0 Å². The van der Waals surface area contributed by atoms with Crippen molar-refractivity contribution in [3.8, 4) is 11.5 Å². The van der Waals surface area contributed by atoms with E-state index in [4.69, 9.17) is 9.47 Å². The maximum Gasteiger partial charge on any atom is 0.125 e. The number of halogens is 1. The van der Waals surface area contributed by atoms with Crippen LogP contribution in [-0.4, -0.2) is 21.3 Å². The lowest BCUT2D eigenvalue weighted by Gasteiger charge is -2.20. The predicted octanol–water partition coefficient (Wildman–Crippen LogP) is 3.78. The van der Waals surface area contributed by atoms with Gasteiger partial charge >= 0.3 is 0 Å². The van der Waals surface area contributed by atoms with E-state index in [9.17, 15) is 0 Å². The minimum atomic E-state index is 0.0492. The first-order valence-electron chi connectivity index (χ1n) is 6.34. The standard InChI is InChI=1S/C16H18BrNO2/c1-18-16(11-5-4-6-13(9-11)19-2)14-8-7-12(17)10-15(14)20-3/h4-10,16,18H,1-3H3. The van der Waals surface area contributed by atoms with E-state index in [1.165, 1.54) is 0 Å². The van der Waals surface area contributed by atoms with Gasteiger partial charge in [-0.3, -0.25) is 0 Å². The molecule has 106 valence electrons. The second kappa shape index (κ2) is 6.77. The highest BCUT2D eigenvalue weighted by Gasteiger charge is 2.17. The van der Waals surface area contributed by atoms with Gasteiger partial charge in [0.15, 0.2) is 0 Å². The van der Waals surface area contributed by atoms with E-state index in [0.29, 0.717) is 0 Å². The minimum Gasteiger partial charge on any atom is -0.497 e. The van der Waals surface area contributed by atoms with Crippen molar-refractivity contribution >= 4 is 15.9 Å². The van der Waals surface area contributed by atoms with Crippen molar-refractivity contribution in [1.29, 1.82) is 0 Å². The van der Waals surface area contributed by atoms with Crippen molar-refractivity contribution < 1.29 is 9.47 Å². The highest BCUT2D eigenvalue weighted by Crippen LogP contribution is 2.33. The molecule has 2 rings (SSSR count). The fraction of sp³-hybridized carbons (Fsp3) is 0.250. The number of methoxy groups -OCH3 is 2. The second-order valence-electron chi connectivity index (χ2n) is 4.38. The van der Waals surface area contributed by atoms with E-state index in [1.807, 2.05) is 37.4 Å². The summed E-state index contributed by atoms with van der Waals surface area (Å²) in [4.78, 5) is 0. The smallest absolute Gasteiger partial charge is 0.125 e. The van der Waals surface area contributed by atoms with Crippen LogP contribution in [0.3, 0.4) is 0 Å². The molecule has 1 unspecified atom stereocenters. The van der Waals surface area contributed by atoms with E-state index in [0.717, 1.165) is 27.1 Å². The van der Waals surface area contributed by atoms with Crippen LogP contribution < -0.4 is 14.8 Å². The van der Waals surface area contributed by atoms with Crippen molar-refractivity contribution in [2.24, 2.45) is 0 Å². The number of ether oxygens (including phenoxy) is 2. The SMILES string of the molecule is CNC(c1cccc(OC)c1)c1ccc(Br)cc1OC. The first-order chi connectivity index (χ1) is 9.69. The third kappa shape index (κ3) is 3.14. The van der Waals surface area contributed by atoms with Gasteiger partial charge in [-0.05, 0) is 36.9 Å². The Labute approximate surface area is 128 Å². The van der Waals surface area contributed by atoms with E-state index < -0.39 is 0 Å². The summed E-state index contributed by atoms with van der Waals surface area (Å²) in [5.74, 6) is 1.69. The molecule has 0 saturated carbocycles. The predicted molar refractivity (Wildman–Crippen MR) is 84.6 cm³/mol. The van der Waals surface area contributed by atoms with Crippen molar-refractivity contribution in [1.82, 2.24) is 5.32 Å². The lowest BCUT2D eigenvalue weighted by molar-refractivity contribution is 0.404. The molecule has 3 nitrogen and oxygen atoms in total. The maximum atomic E-state index is 5.49.